The van der Waals surface area contributed by atoms with Crippen LogP contribution in [0.2, 0.25) is 0 Å². The minimum absolute atomic E-state index is 0.0690. The Hall–Kier alpha value is -1.80. The Morgan fingerprint density at radius 2 is 2.05 bits per heavy atom. The zero-order chi connectivity index (χ0) is 15.3. The highest BCUT2D eigenvalue weighted by atomic mass is 32.2. The zero-order valence-corrected chi connectivity index (χ0v) is 12.5. The number of aryl methyl sites for hydroxylation is 1. The summed E-state index contributed by atoms with van der Waals surface area (Å²) in [4.78, 5) is 11.6. The second-order valence-electron chi connectivity index (χ2n) is 4.20. The van der Waals surface area contributed by atoms with Crippen LogP contribution in [-0.4, -0.2) is 40.8 Å². The van der Waals surface area contributed by atoms with Crippen LogP contribution in [0.15, 0.2) is 12.1 Å². The fourth-order valence-electron chi connectivity index (χ4n) is 1.61. The van der Waals surface area contributed by atoms with Crippen molar-refractivity contribution in [2.45, 2.75) is 6.92 Å². The van der Waals surface area contributed by atoms with Gasteiger partial charge in [-0.3, -0.25) is 0 Å². The van der Waals surface area contributed by atoms with E-state index in [2.05, 4.69) is 14.8 Å². The Bertz CT molecular complexity index is 599. The number of esters is 1. The molecule has 0 atom stereocenters. The van der Waals surface area contributed by atoms with Crippen LogP contribution in [0.5, 0.6) is 0 Å². The maximum atomic E-state index is 11.6. The number of nitrogens with one attached hydrogen (secondary N) is 2. The molecule has 0 unspecified atom stereocenters. The maximum absolute atomic E-state index is 11.6. The molecule has 20 heavy (non-hydrogen) atoms. The summed E-state index contributed by atoms with van der Waals surface area (Å²) in [6.45, 7) is 1.98. The number of ether oxygens (including phenoxy) is 1. The smallest absolute Gasteiger partial charge is 0.340 e. The molecule has 1 aromatic carbocycles. The van der Waals surface area contributed by atoms with Crippen LogP contribution in [0.1, 0.15) is 15.9 Å². The van der Waals surface area contributed by atoms with Crippen LogP contribution in [-0.2, 0) is 14.8 Å². The number of benzene rings is 1. The minimum atomic E-state index is -3.27. The van der Waals surface area contributed by atoms with E-state index in [0.717, 1.165) is 0 Å². The molecule has 4 N–H and O–H groups in total. The molecule has 8 heteroatoms. The van der Waals surface area contributed by atoms with Crippen molar-refractivity contribution in [3.05, 3.63) is 23.3 Å². The molecule has 0 spiro atoms. The zero-order valence-electron chi connectivity index (χ0n) is 11.7. The third kappa shape index (κ3) is 4.10. The quantitative estimate of drug-likeness (QED) is 0.516. The van der Waals surface area contributed by atoms with Gasteiger partial charge in [0.1, 0.15) is 0 Å². The Balaban J connectivity index is 2.87. The fraction of sp³-hybridized carbons (Fsp3) is 0.417. The van der Waals surface area contributed by atoms with Crippen LogP contribution in [0.25, 0.3) is 0 Å². The predicted molar refractivity (Wildman–Crippen MR) is 78.3 cm³/mol. The van der Waals surface area contributed by atoms with E-state index >= 15 is 0 Å². The molecule has 112 valence electrons. The van der Waals surface area contributed by atoms with Gasteiger partial charge in [0.2, 0.25) is 10.0 Å². The molecule has 0 saturated carbocycles. The lowest BCUT2D eigenvalue weighted by atomic mass is 10.1. The molecule has 0 aliphatic rings. The van der Waals surface area contributed by atoms with Crippen molar-refractivity contribution in [3.8, 4) is 0 Å². The lowest BCUT2D eigenvalue weighted by molar-refractivity contribution is 0.0602. The van der Waals surface area contributed by atoms with E-state index in [-0.39, 0.29) is 17.9 Å². The first kappa shape index (κ1) is 16.3. The first-order chi connectivity index (χ1) is 9.30. The topological polar surface area (TPSA) is 111 Å². The van der Waals surface area contributed by atoms with Crippen LogP contribution in [0.3, 0.4) is 0 Å². The van der Waals surface area contributed by atoms with Gasteiger partial charge in [-0.2, -0.15) is 0 Å². The fourth-order valence-corrected chi connectivity index (χ4v) is 2.19. The second kappa shape index (κ2) is 6.58. The van der Waals surface area contributed by atoms with Gasteiger partial charge in [0, 0.05) is 17.9 Å². The number of rotatable bonds is 6. The highest BCUT2D eigenvalue weighted by Crippen LogP contribution is 2.23. The molecule has 0 fully saturated rings. The van der Waals surface area contributed by atoms with Gasteiger partial charge >= 0.3 is 5.97 Å². The Morgan fingerprint density at radius 1 is 1.40 bits per heavy atom. The molecule has 0 heterocycles. The van der Waals surface area contributed by atoms with E-state index < -0.39 is 16.0 Å². The van der Waals surface area contributed by atoms with E-state index in [0.29, 0.717) is 16.9 Å². The molecule has 0 aliphatic heterocycles. The van der Waals surface area contributed by atoms with E-state index in [1.165, 1.54) is 14.2 Å². The largest absolute Gasteiger partial charge is 0.465 e. The van der Waals surface area contributed by atoms with Gasteiger partial charge < -0.3 is 15.8 Å². The normalized spacial score (nSPS) is 11.2. The second-order valence-corrected chi connectivity index (χ2v) is 6.24. The number of carbonyl (C=O) groups excluding carboxylic acids is 1. The lowest BCUT2D eigenvalue weighted by Gasteiger charge is -2.12. The highest BCUT2D eigenvalue weighted by molar-refractivity contribution is 7.89. The van der Waals surface area contributed by atoms with Crippen LogP contribution < -0.4 is 15.8 Å². The van der Waals surface area contributed by atoms with Crippen LogP contribution in [0.4, 0.5) is 11.4 Å². The van der Waals surface area contributed by atoms with Gasteiger partial charge in [-0.25, -0.2) is 17.9 Å². The summed E-state index contributed by atoms with van der Waals surface area (Å²) in [5.74, 6) is -0.599. The molecular weight excluding hydrogens is 282 g/mol. The van der Waals surface area contributed by atoms with Gasteiger partial charge in [0.05, 0.1) is 18.4 Å². The van der Waals surface area contributed by atoms with Crippen molar-refractivity contribution in [2.75, 3.05) is 37.5 Å². The van der Waals surface area contributed by atoms with Gasteiger partial charge in [-0.15, -0.1) is 0 Å². The summed E-state index contributed by atoms with van der Waals surface area (Å²) in [7, 11) is -0.634. The van der Waals surface area contributed by atoms with Crippen molar-refractivity contribution in [3.63, 3.8) is 0 Å². The number of nitrogen functional groups attached to an aromatic ring is 1. The first-order valence-corrected chi connectivity index (χ1v) is 7.59. The third-order valence-electron chi connectivity index (χ3n) is 2.80. The average molecular weight is 301 g/mol. The number of hydrogen-bond donors (Lipinski definition) is 3. The lowest BCUT2D eigenvalue weighted by Crippen LogP contribution is -2.26. The summed E-state index contributed by atoms with van der Waals surface area (Å²) < 4.78 is 29.4. The number of hydrogen-bond acceptors (Lipinski definition) is 6. The summed E-state index contributed by atoms with van der Waals surface area (Å²) in [5.41, 5.74) is 7.75. The molecule has 0 bridgehead atoms. The molecule has 0 amide bonds. The molecular formula is C12H19N3O4S. The van der Waals surface area contributed by atoms with Gasteiger partial charge in [-0.1, -0.05) is 0 Å². The molecule has 0 radical (unpaired) electrons. The van der Waals surface area contributed by atoms with Gasteiger partial charge in [0.25, 0.3) is 0 Å². The van der Waals surface area contributed by atoms with E-state index in [1.54, 1.807) is 19.1 Å². The summed E-state index contributed by atoms with van der Waals surface area (Å²) in [6, 6.07) is 3.29. The first-order valence-electron chi connectivity index (χ1n) is 5.94. The summed E-state index contributed by atoms with van der Waals surface area (Å²) in [5, 5.41) is 2.94. The van der Waals surface area contributed by atoms with Crippen molar-refractivity contribution >= 4 is 27.4 Å². The Morgan fingerprint density at radius 3 is 2.60 bits per heavy atom. The summed E-state index contributed by atoms with van der Waals surface area (Å²) in [6.07, 6.45) is 0. The summed E-state index contributed by atoms with van der Waals surface area (Å²) >= 11 is 0. The third-order valence-corrected chi connectivity index (χ3v) is 4.17. The van der Waals surface area contributed by atoms with Crippen LogP contribution in [0, 0.1) is 6.92 Å². The molecule has 1 rings (SSSR count). The SMILES string of the molecule is CNS(=O)(=O)CCNc1cc(C)c(N)c(C(=O)OC)c1. The average Bonchev–Trinajstić information content (AvgIpc) is 2.41. The monoisotopic (exact) mass is 301 g/mol. The minimum Gasteiger partial charge on any atom is -0.465 e. The predicted octanol–water partition coefficient (Wildman–Crippen LogP) is 0.325. The van der Waals surface area contributed by atoms with Gasteiger partial charge in [-0.05, 0) is 31.7 Å². The van der Waals surface area contributed by atoms with E-state index in [1.807, 2.05) is 0 Å². The van der Waals surface area contributed by atoms with Gasteiger partial charge in [0.15, 0.2) is 0 Å². The maximum Gasteiger partial charge on any atom is 0.340 e. The Labute approximate surface area is 118 Å². The number of sulfonamides is 1. The molecule has 0 aromatic heterocycles. The number of methoxy groups -OCH3 is 1. The number of carbonyl (C=O) groups is 1. The molecule has 7 nitrogen and oxygen atoms in total. The van der Waals surface area contributed by atoms with Crippen molar-refractivity contribution < 1.29 is 17.9 Å². The molecule has 0 aliphatic carbocycles. The Kier molecular flexibility index (Phi) is 5.34. The highest BCUT2D eigenvalue weighted by Gasteiger charge is 2.14. The van der Waals surface area contributed by atoms with Crippen molar-refractivity contribution in [1.29, 1.82) is 0 Å². The molecule has 1 aromatic rings. The number of nitrogens with two attached hydrogens (primary N) is 1. The number of anilines is 2. The molecule has 0 saturated heterocycles. The van der Waals surface area contributed by atoms with Crippen molar-refractivity contribution in [1.82, 2.24) is 4.72 Å². The van der Waals surface area contributed by atoms with Crippen molar-refractivity contribution in [2.24, 2.45) is 0 Å². The van der Waals surface area contributed by atoms with Crippen LogP contribution >= 0.6 is 0 Å². The van der Waals surface area contributed by atoms with E-state index in [4.69, 9.17) is 5.73 Å². The van der Waals surface area contributed by atoms with E-state index in [9.17, 15) is 13.2 Å². The standard InChI is InChI=1S/C12H19N3O4S/c1-8-6-9(15-4-5-20(17,18)14-2)7-10(11(8)13)12(16)19-3/h6-7,14-15H,4-5,13H2,1-3H3.